The van der Waals surface area contributed by atoms with Crippen molar-refractivity contribution < 1.29 is 14.3 Å². The van der Waals surface area contributed by atoms with Crippen LogP contribution in [0.15, 0.2) is 72.1 Å². The predicted octanol–water partition coefficient (Wildman–Crippen LogP) is 7.30. The number of fused-ring (bicyclic) bond motifs is 2. The Morgan fingerprint density at radius 1 is 1.03 bits per heavy atom. The number of halogens is 3. The number of ether oxygens (including phenoxy) is 2. The number of nitriles is 1. The van der Waals surface area contributed by atoms with Crippen LogP contribution < -0.4 is 15.2 Å². The number of hydrogen-bond donors (Lipinski definition) is 1. The molecule has 168 valence electrons. The van der Waals surface area contributed by atoms with Gasteiger partial charge in [-0.15, -0.1) is 11.3 Å². The van der Waals surface area contributed by atoms with E-state index < -0.39 is 11.9 Å². The van der Waals surface area contributed by atoms with Gasteiger partial charge in [-0.3, -0.25) is 0 Å². The first kappa shape index (κ1) is 22.6. The average molecular weight is 528 g/mol. The third-order valence-corrected chi connectivity index (χ3v) is 7.51. The van der Waals surface area contributed by atoms with Gasteiger partial charge >= 0.3 is 5.97 Å². The lowest BCUT2D eigenvalue weighted by Gasteiger charge is -2.26. The zero-order valence-corrected chi connectivity index (χ0v) is 20.2. The molecule has 0 radical (unpaired) electrons. The average Bonchev–Trinajstić information content (AvgIpc) is 3.14. The van der Waals surface area contributed by atoms with E-state index in [2.05, 4.69) is 6.07 Å². The summed E-state index contributed by atoms with van der Waals surface area (Å²) in [4.78, 5) is 13.1. The summed E-state index contributed by atoms with van der Waals surface area (Å²) in [5, 5.41) is 11.9. The molecule has 9 heteroatoms. The first-order valence-corrected chi connectivity index (χ1v) is 11.9. The fourth-order valence-corrected chi connectivity index (χ4v) is 5.61. The molecule has 2 heterocycles. The molecule has 0 saturated carbocycles. The van der Waals surface area contributed by atoms with E-state index in [1.165, 1.54) is 11.3 Å². The molecule has 0 aliphatic carbocycles. The summed E-state index contributed by atoms with van der Waals surface area (Å²) in [6.45, 7) is 0. The first-order chi connectivity index (χ1) is 16.4. The van der Waals surface area contributed by atoms with Crippen molar-refractivity contribution in [1.82, 2.24) is 0 Å². The summed E-state index contributed by atoms with van der Waals surface area (Å²) < 4.78 is 12.1. The predicted molar refractivity (Wildman–Crippen MR) is 134 cm³/mol. The summed E-state index contributed by atoms with van der Waals surface area (Å²) in [7, 11) is 0. The normalized spacial score (nSPS) is 14.9. The fourth-order valence-electron chi connectivity index (χ4n) is 3.82. The number of carbonyl (C=O) groups is 1. The van der Waals surface area contributed by atoms with Crippen molar-refractivity contribution in [3.8, 4) is 17.6 Å². The van der Waals surface area contributed by atoms with Crippen molar-refractivity contribution in [3.05, 3.63) is 103 Å². The molecule has 2 N–H and O–H groups in total. The number of esters is 1. The maximum Gasteiger partial charge on any atom is 0.355 e. The highest BCUT2D eigenvalue weighted by atomic mass is 35.5. The summed E-state index contributed by atoms with van der Waals surface area (Å²) >= 11 is 19.7. The van der Waals surface area contributed by atoms with Gasteiger partial charge in [0.1, 0.15) is 28.0 Å². The molecule has 0 spiro atoms. The molecular weight excluding hydrogens is 515 g/mol. The number of nitrogens with two attached hydrogens (primary N) is 1. The van der Waals surface area contributed by atoms with Crippen LogP contribution in [0.5, 0.6) is 11.5 Å². The maximum absolute atomic E-state index is 12.9. The van der Waals surface area contributed by atoms with E-state index in [0.717, 1.165) is 15.6 Å². The molecule has 5 nitrogen and oxygen atoms in total. The van der Waals surface area contributed by atoms with Gasteiger partial charge in [0.05, 0.1) is 10.9 Å². The fraction of sp³-hybridized carbons (Fsp3) is 0.0400. The van der Waals surface area contributed by atoms with E-state index in [1.807, 2.05) is 12.1 Å². The monoisotopic (exact) mass is 526 g/mol. The number of nitrogens with zero attached hydrogens (tertiary/aromatic N) is 1. The van der Waals surface area contributed by atoms with Crippen molar-refractivity contribution in [1.29, 1.82) is 5.26 Å². The van der Waals surface area contributed by atoms with Gasteiger partial charge in [-0.1, -0.05) is 59.1 Å². The van der Waals surface area contributed by atoms with E-state index in [9.17, 15) is 10.1 Å². The number of thiophene rings is 1. The van der Waals surface area contributed by atoms with Gasteiger partial charge in [0, 0.05) is 31.8 Å². The lowest BCUT2D eigenvalue weighted by Crippen LogP contribution is -2.21. The highest BCUT2D eigenvalue weighted by molar-refractivity contribution is 7.21. The Bertz CT molecular complexity index is 1540. The van der Waals surface area contributed by atoms with Crippen LogP contribution >= 0.6 is 46.1 Å². The van der Waals surface area contributed by atoms with E-state index in [0.29, 0.717) is 26.4 Å². The van der Waals surface area contributed by atoms with Crippen LogP contribution in [-0.2, 0) is 0 Å². The molecular formula is C25H13Cl3N2O3S. The van der Waals surface area contributed by atoms with Crippen LogP contribution in [0.25, 0.3) is 10.1 Å². The SMILES string of the molecule is N#CC1=C(N)Oc2cc(OC(=O)c3sc4cc(Cl)ccc4c3Cl)ccc2C1c1ccc(Cl)cc1. The smallest absolute Gasteiger partial charge is 0.355 e. The van der Waals surface area contributed by atoms with Crippen LogP contribution in [0.3, 0.4) is 0 Å². The Morgan fingerprint density at radius 2 is 1.76 bits per heavy atom. The second kappa shape index (κ2) is 8.86. The first-order valence-electron chi connectivity index (χ1n) is 9.92. The number of hydrogen-bond acceptors (Lipinski definition) is 6. The Hall–Kier alpha value is -3.21. The highest BCUT2D eigenvalue weighted by Crippen LogP contribution is 2.44. The molecule has 0 bridgehead atoms. The number of benzene rings is 3. The van der Waals surface area contributed by atoms with Gasteiger partial charge in [-0.25, -0.2) is 4.79 Å². The van der Waals surface area contributed by atoms with Gasteiger partial charge in [-0.05, 0) is 35.9 Å². The lowest BCUT2D eigenvalue weighted by atomic mass is 9.83. The van der Waals surface area contributed by atoms with Gasteiger partial charge in [0.25, 0.3) is 0 Å². The minimum Gasteiger partial charge on any atom is -0.440 e. The Morgan fingerprint density at radius 3 is 2.50 bits per heavy atom. The summed E-state index contributed by atoms with van der Waals surface area (Å²) in [5.41, 5.74) is 7.88. The van der Waals surface area contributed by atoms with Gasteiger partial charge in [-0.2, -0.15) is 5.26 Å². The van der Waals surface area contributed by atoms with Crippen LogP contribution in [0.1, 0.15) is 26.7 Å². The zero-order valence-electron chi connectivity index (χ0n) is 17.1. The number of allylic oxidation sites excluding steroid dienone is 1. The maximum atomic E-state index is 12.9. The van der Waals surface area contributed by atoms with Gasteiger partial charge in [0.2, 0.25) is 5.88 Å². The summed E-state index contributed by atoms with van der Waals surface area (Å²) in [6.07, 6.45) is 0. The molecule has 0 saturated heterocycles. The van der Waals surface area contributed by atoms with Crippen LogP contribution in [-0.4, -0.2) is 5.97 Å². The molecule has 4 aromatic rings. The van der Waals surface area contributed by atoms with Crippen molar-refractivity contribution in [2.75, 3.05) is 0 Å². The van der Waals surface area contributed by atoms with Crippen LogP contribution in [0.2, 0.25) is 15.1 Å². The molecule has 1 aliphatic heterocycles. The van der Waals surface area contributed by atoms with Crippen LogP contribution in [0.4, 0.5) is 0 Å². The summed E-state index contributed by atoms with van der Waals surface area (Å²) in [6, 6.07) is 19.5. The molecule has 3 aromatic carbocycles. The third-order valence-electron chi connectivity index (χ3n) is 5.38. The minimum absolute atomic E-state index is 0.0112. The molecule has 0 amide bonds. The molecule has 5 rings (SSSR count). The van der Waals surface area contributed by atoms with Crippen molar-refractivity contribution in [2.45, 2.75) is 5.92 Å². The lowest BCUT2D eigenvalue weighted by molar-refractivity contribution is 0.0740. The van der Waals surface area contributed by atoms with Gasteiger partial charge in [0.15, 0.2) is 0 Å². The third kappa shape index (κ3) is 3.97. The molecule has 1 aromatic heterocycles. The number of rotatable bonds is 3. The second-order valence-corrected chi connectivity index (χ2v) is 9.75. The van der Waals surface area contributed by atoms with Crippen molar-refractivity contribution in [3.63, 3.8) is 0 Å². The molecule has 0 fully saturated rings. The van der Waals surface area contributed by atoms with E-state index in [1.54, 1.807) is 48.5 Å². The molecule has 1 unspecified atom stereocenters. The molecule has 1 atom stereocenters. The second-order valence-electron chi connectivity index (χ2n) is 7.45. The quantitative estimate of drug-likeness (QED) is 0.223. The van der Waals surface area contributed by atoms with E-state index >= 15 is 0 Å². The standard InChI is InChI=1S/C25H13Cl3N2O3S/c26-13-3-1-12(2-4-13)21-16-8-6-15(10-19(16)33-24(30)18(21)11-29)32-25(31)23-22(28)17-7-5-14(27)9-20(17)34-23/h1-10,21H,30H2. The summed E-state index contributed by atoms with van der Waals surface area (Å²) in [5.74, 6) is -0.427. The molecule has 34 heavy (non-hydrogen) atoms. The van der Waals surface area contributed by atoms with E-state index in [-0.39, 0.29) is 22.1 Å². The topological polar surface area (TPSA) is 85.3 Å². The van der Waals surface area contributed by atoms with E-state index in [4.69, 9.17) is 50.0 Å². The number of carbonyl (C=O) groups excluding carboxylic acids is 1. The Kier molecular flexibility index (Phi) is 5.88. The molecule has 1 aliphatic rings. The Balaban J connectivity index is 1.49. The van der Waals surface area contributed by atoms with Crippen molar-refractivity contribution in [2.24, 2.45) is 5.73 Å². The minimum atomic E-state index is -0.603. The highest BCUT2D eigenvalue weighted by Gasteiger charge is 2.31. The zero-order chi connectivity index (χ0) is 24.0. The van der Waals surface area contributed by atoms with Crippen molar-refractivity contribution >= 4 is 62.2 Å². The van der Waals surface area contributed by atoms with Gasteiger partial charge < -0.3 is 15.2 Å². The largest absolute Gasteiger partial charge is 0.440 e. The van der Waals surface area contributed by atoms with Crippen LogP contribution in [0, 0.1) is 11.3 Å². The Labute approximate surface area is 213 Å².